The number of hydrogen-bond donors (Lipinski definition) is 3. The van der Waals surface area contributed by atoms with Gasteiger partial charge in [0.15, 0.2) is 5.76 Å². The maximum absolute atomic E-state index is 12.4. The van der Waals surface area contributed by atoms with Crippen molar-refractivity contribution in [1.29, 1.82) is 0 Å². The van der Waals surface area contributed by atoms with Gasteiger partial charge in [-0.25, -0.2) is 0 Å². The fourth-order valence-corrected chi connectivity index (χ4v) is 2.94. The Morgan fingerprint density at radius 3 is 2.62 bits per heavy atom. The molecular formula is C19H24ClN3O3. The number of carbonyl (C=O) groups is 2. The molecule has 0 spiro atoms. The van der Waals surface area contributed by atoms with Gasteiger partial charge in [0.25, 0.3) is 11.8 Å². The van der Waals surface area contributed by atoms with Crippen LogP contribution >= 0.6 is 12.4 Å². The van der Waals surface area contributed by atoms with Gasteiger partial charge in [-0.3, -0.25) is 9.59 Å². The van der Waals surface area contributed by atoms with Crippen LogP contribution in [0.25, 0.3) is 0 Å². The molecule has 1 aromatic carbocycles. The minimum Gasteiger partial charge on any atom is -0.459 e. The number of halogens is 1. The molecule has 1 aliphatic heterocycles. The summed E-state index contributed by atoms with van der Waals surface area (Å²) >= 11 is 0. The van der Waals surface area contributed by atoms with Crippen molar-refractivity contribution < 1.29 is 14.0 Å². The van der Waals surface area contributed by atoms with Crippen molar-refractivity contribution in [1.82, 2.24) is 10.6 Å². The number of hydrogen-bond acceptors (Lipinski definition) is 4. The van der Waals surface area contributed by atoms with Gasteiger partial charge in [0, 0.05) is 17.8 Å². The van der Waals surface area contributed by atoms with Crippen LogP contribution in [0.5, 0.6) is 0 Å². The average molecular weight is 378 g/mol. The minimum absolute atomic E-state index is 0. The molecule has 0 bridgehead atoms. The molecule has 0 saturated carbocycles. The molecule has 1 aliphatic rings. The topological polar surface area (TPSA) is 83.4 Å². The summed E-state index contributed by atoms with van der Waals surface area (Å²) in [7, 11) is 0. The second-order valence-electron chi connectivity index (χ2n) is 6.76. The Morgan fingerprint density at radius 2 is 1.92 bits per heavy atom. The molecule has 26 heavy (non-hydrogen) atoms. The summed E-state index contributed by atoms with van der Waals surface area (Å²) in [6.45, 7) is 4.83. The Bertz CT molecular complexity index is 740. The maximum atomic E-state index is 12.4. The molecule has 0 radical (unpaired) electrons. The third kappa shape index (κ3) is 5.09. The van der Waals surface area contributed by atoms with E-state index in [1.54, 1.807) is 36.4 Å². The Kier molecular flexibility index (Phi) is 6.83. The summed E-state index contributed by atoms with van der Waals surface area (Å²) in [6.07, 6.45) is 3.54. The standard InChI is InChI=1S/C19H23N3O3.ClH/c1-19(7-9-20-10-8-19)13-21-17(23)14-4-2-5-15(12-14)22-18(24)16-6-3-11-25-16;/h2-6,11-12,20H,7-10,13H2,1H3,(H,21,23)(H,22,24);1H. The minimum atomic E-state index is -0.343. The van der Waals surface area contributed by atoms with E-state index >= 15 is 0 Å². The normalized spacial score (nSPS) is 15.6. The molecule has 1 fully saturated rings. The molecule has 6 nitrogen and oxygen atoms in total. The first-order valence-corrected chi connectivity index (χ1v) is 8.50. The van der Waals surface area contributed by atoms with Crippen LogP contribution in [0.15, 0.2) is 47.1 Å². The predicted molar refractivity (Wildman–Crippen MR) is 103 cm³/mol. The molecule has 1 saturated heterocycles. The number of piperidine rings is 1. The Balaban J connectivity index is 0.00000243. The van der Waals surface area contributed by atoms with Crippen LogP contribution in [0.1, 0.15) is 40.7 Å². The number of amides is 2. The average Bonchev–Trinajstić information content (AvgIpc) is 3.15. The maximum Gasteiger partial charge on any atom is 0.291 e. The summed E-state index contributed by atoms with van der Waals surface area (Å²) in [4.78, 5) is 24.5. The lowest BCUT2D eigenvalue weighted by molar-refractivity contribution is 0.0921. The fraction of sp³-hybridized carbons (Fsp3) is 0.368. The molecule has 2 heterocycles. The summed E-state index contributed by atoms with van der Waals surface area (Å²) in [5, 5.41) is 9.09. The van der Waals surface area contributed by atoms with Crippen LogP contribution in [0.4, 0.5) is 5.69 Å². The summed E-state index contributed by atoms with van der Waals surface area (Å²) in [5.74, 6) is -0.243. The lowest BCUT2D eigenvalue weighted by Gasteiger charge is -2.34. The number of furan rings is 1. The summed E-state index contributed by atoms with van der Waals surface area (Å²) < 4.78 is 5.07. The second-order valence-corrected chi connectivity index (χ2v) is 6.76. The van der Waals surface area contributed by atoms with E-state index in [2.05, 4.69) is 22.9 Å². The van der Waals surface area contributed by atoms with Crippen molar-refractivity contribution in [2.75, 3.05) is 25.0 Å². The van der Waals surface area contributed by atoms with E-state index in [0.717, 1.165) is 25.9 Å². The molecule has 0 unspecified atom stereocenters. The van der Waals surface area contributed by atoms with Crippen LogP contribution in [0, 0.1) is 5.41 Å². The monoisotopic (exact) mass is 377 g/mol. The first kappa shape index (κ1) is 20.0. The van der Waals surface area contributed by atoms with Crippen LogP contribution in [0.3, 0.4) is 0 Å². The number of anilines is 1. The largest absolute Gasteiger partial charge is 0.459 e. The van der Waals surface area contributed by atoms with Gasteiger partial charge >= 0.3 is 0 Å². The summed E-state index contributed by atoms with van der Waals surface area (Å²) in [5.41, 5.74) is 1.21. The van der Waals surface area contributed by atoms with Crippen LogP contribution < -0.4 is 16.0 Å². The number of benzene rings is 1. The van der Waals surface area contributed by atoms with Crippen molar-refractivity contribution in [3.8, 4) is 0 Å². The smallest absolute Gasteiger partial charge is 0.291 e. The van der Waals surface area contributed by atoms with Crippen LogP contribution in [-0.2, 0) is 0 Å². The highest BCUT2D eigenvalue weighted by molar-refractivity contribution is 6.03. The first-order chi connectivity index (χ1) is 12.1. The highest BCUT2D eigenvalue weighted by Gasteiger charge is 2.27. The van der Waals surface area contributed by atoms with Crippen molar-refractivity contribution in [2.45, 2.75) is 19.8 Å². The second kappa shape index (κ2) is 8.87. The molecule has 3 N–H and O–H groups in total. The van der Waals surface area contributed by atoms with Gasteiger partial charge in [-0.1, -0.05) is 13.0 Å². The molecule has 2 aromatic rings. The highest BCUT2D eigenvalue weighted by Crippen LogP contribution is 2.26. The van der Waals surface area contributed by atoms with Gasteiger partial charge in [-0.2, -0.15) is 0 Å². The highest BCUT2D eigenvalue weighted by atomic mass is 35.5. The SMILES string of the molecule is CC1(CNC(=O)c2cccc(NC(=O)c3ccco3)c2)CCNCC1.Cl. The van der Waals surface area contributed by atoms with Crippen molar-refractivity contribution in [3.05, 3.63) is 54.0 Å². The molecule has 2 amide bonds. The third-order valence-electron chi connectivity index (χ3n) is 4.61. The van der Waals surface area contributed by atoms with Gasteiger partial charge in [-0.15, -0.1) is 12.4 Å². The van der Waals surface area contributed by atoms with Gasteiger partial charge in [0.05, 0.1) is 6.26 Å². The van der Waals surface area contributed by atoms with Crippen LogP contribution in [-0.4, -0.2) is 31.4 Å². The van der Waals surface area contributed by atoms with E-state index in [1.807, 2.05) is 0 Å². The Morgan fingerprint density at radius 1 is 1.15 bits per heavy atom. The number of carbonyl (C=O) groups excluding carboxylic acids is 2. The van der Waals surface area contributed by atoms with Crippen molar-refractivity contribution in [3.63, 3.8) is 0 Å². The van der Waals surface area contributed by atoms with Gasteiger partial charge in [-0.05, 0) is 61.7 Å². The number of nitrogens with one attached hydrogen (secondary N) is 3. The van der Waals surface area contributed by atoms with Gasteiger partial charge in [0.2, 0.25) is 0 Å². The van der Waals surface area contributed by atoms with Gasteiger partial charge < -0.3 is 20.4 Å². The summed E-state index contributed by atoms with van der Waals surface area (Å²) in [6, 6.07) is 10.1. The first-order valence-electron chi connectivity index (χ1n) is 8.50. The molecule has 3 rings (SSSR count). The Hall–Kier alpha value is -2.31. The van der Waals surface area contributed by atoms with Gasteiger partial charge in [0.1, 0.15) is 0 Å². The zero-order valence-corrected chi connectivity index (χ0v) is 15.5. The van der Waals surface area contributed by atoms with Crippen molar-refractivity contribution >= 4 is 29.9 Å². The van der Waals surface area contributed by atoms with Crippen LogP contribution in [0.2, 0.25) is 0 Å². The molecule has 0 aliphatic carbocycles. The molecular weight excluding hydrogens is 354 g/mol. The lowest BCUT2D eigenvalue weighted by Crippen LogP contribution is -2.42. The van der Waals surface area contributed by atoms with E-state index < -0.39 is 0 Å². The van der Waals surface area contributed by atoms with E-state index in [9.17, 15) is 9.59 Å². The molecule has 140 valence electrons. The van der Waals surface area contributed by atoms with E-state index in [1.165, 1.54) is 6.26 Å². The zero-order valence-electron chi connectivity index (χ0n) is 14.7. The third-order valence-corrected chi connectivity index (χ3v) is 4.61. The Labute approximate surface area is 159 Å². The van der Waals surface area contributed by atoms with E-state index in [-0.39, 0.29) is 35.4 Å². The zero-order chi connectivity index (χ0) is 17.7. The van der Waals surface area contributed by atoms with E-state index in [4.69, 9.17) is 4.42 Å². The number of rotatable bonds is 5. The fourth-order valence-electron chi connectivity index (χ4n) is 2.94. The molecule has 0 atom stereocenters. The van der Waals surface area contributed by atoms with Crippen molar-refractivity contribution in [2.24, 2.45) is 5.41 Å². The quantitative estimate of drug-likeness (QED) is 0.747. The predicted octanol–water partition coefficient (Wildman–Crippen LogP) is 3.07. The molecule has 1 aromatic heterocycles. The molecule has 7 heteroatoms. The van der Waals surface area contributed by atoms with E-state index in [0.29, 0.717) is 17.8 Å². The lowest BCUT2D eigenvalue weighted by atomic mass is 9.81.